The van der Waals surface area contributed by atoms with Gasteiger partial charge < -0.3 is 15.1 Å². The number of nitrogens with zero attached hydrogens (tertiary/aromatic N) is 3. The average Bonchev–Trinajstić information content (AvgIpc) is 3.10. The minimum absolute atomic E-state index is 0.636. The Morgan fingerprint density at radius 1 is 1.13 bits per heavy atom. The highest BCUT2D eigenvalue weighted by molar-refractivity contribution is 5.80. The summed E-state index contributed by atoms with van der Waals surface area (Å²) in [5.74, 6) is 1.71. The molecular weight excluding hydrogens is 284 g/mol. The van der Waals surface area contributed by atoms with E-state index in [1.54, 1.807) is 0 Å². The van der Waals surface area contributed by atoms with Crippen molar-refractivity contribution in [3.05, 3.63) is 35.9 Å². The van der Waals surface area contributed by atoms with Gasteiger partial charge >= 0.3 is 0 Å². The Morgan fingerprint density at radius 3 is 2.65 bits per heavy atom. The van der Waals surface area contributed by atoms with E-state index < -0.39 is 0 Å². The number of guanidine groups is 1. The Bertz CT molecular complexity index is 493. The summed E-state index contributed by atoms with van der Waals surface area (Å²) < 4.78 is 0. The van der Waals surface area contributed by atoms with E-state index in [2.05, 4.69) is 50.4 Å². The van der Waals surface area contributed by atoms with Crippen LogP contribution in [0.3, 0.4) is 0 Å². The molecule has 1 unspecified atom stereocenters. The van der Waals surface area contributed by atoms with Crippen molar-refractivity contribution in [2.75, 3.05) is 46.3 Å². The van der Waals surface area contributed by atoms with Crippen LogP contribution < -0.4 is 5.32 Å². The van der Waals surface area contributed by atoms with E-state index in [4.69, 9.17) is 0 Å². The van der Waals surface area contributed by atoms with E-state index in [0.717, 1.165) is 32.1 Å². The molecule has 2 heterocycles. The summed E-state index contributed by atoms with van der Waals surface area (Å²) in [6.07, 6.45) is 5.34. The zero-order valence-electron chi connectivity index (χ0n) is 14.4. The van der Waals surface area contributed by atoms with Crippen LogP contribution in [0.25, 0.3) is 0 Å². The Kier molecular flexibility index (Phi) is 5.92. The lowest BCUT2D eigenvalue weighted by Crippen LogP contribution is -2.44. The van der Waals surface area contributed by atoms with E-state index >= 15 is 0 Å². The predicted octanol–water partition coefficient (Wildman–Crippen LogP) is 2.54. The zero-order chi connectivity index (χ0) is 15.9. The highest BCUT2D eigenvalue weighted by Crippen LogP contribution is 2.26. The summed E-state index contributed by atoms with van der Waals surface area (Å²) >= 11 is 0. The monoisotopic (exact) mass is 314 g/mol. The Hall–Kier alpha value is -1.55. The van der Waals surface area contributed by atoms with Gasteiger partial charge in [-0.2, -0.15) is 0 Å². The molecule has 1 N–H and O–H groups in total. The fraction of sp³-hybridized carbons (Fsp3) is 0.632. The minimum Gasteiger partial charge on any atom is -0.355 e. The molecule has 0 bridgehead atoms. The van der Waals surface area contributed by atoms with Crippen LogP contribution in [0.1, 0.15) is 37.2 Å². The van der Waals surface area contributed by atoms with Crippen molar-refractivity contribution < 1.29 is 0 Å². The number of aliphatic imine (C=N–C) groups is 1. The lowest BCUT2D eigenvalue weighted by Gasteiger charge is -2.28. The number of piperidine rings is 1. The van der Waals surface area contributed by atoms with Gasteiger partial charge in [0.1, 0.15) is 0 Å². The molecule has 2 aliphatic rings. The molecule has 2 aliphatic heterocycles. The van der Waals surface area contributed by atoms with E-state index in [-0.39, 0.29) is 0 Å². The molecule has 4 heteroatoms. The first kappa shape index (κ1) is 16.3. The number of rotatable bonds is 4. The standard InChI is InChI=1S/C19H30N4/c1-20-19(21-11-15-22-12-6-3-7-13-22)23-14-10-18(16-23)17-8-4-2-5-9-17/h2,4-5,8-9,18H,3,6-7,10-16H2,1H3,(H,20,21). The van der Waals surface area contributed by atoms with Crippen molar-refractivity contribution in [2.45, 2.75) is 31.6 Å². The second-order valence-electron chi connectivity index (χ2n) is 6.72. The van der Waals surface area contributed by atoms with Crippen molar-refractivity contribution in [3.8, 4) is 0 Å². The highest BCUT2D eigenvalue weighted by atomic mass is 15.3. The molecule has 0 spiro atoms. The topological polar surface area (TPSA) is 30.9 Å². The van der Waals surface area contributed by atoms with Crippen molar-refractivity contribution in [3.63, 3.8) is 0 Å². The quantitative estimate of drug-likeness (QED) is 0.684. The maximum atomic E-state index is 4.49. The normalized spacial score (nSPS) is 23.3. The fourth-order valence-corrected chi connectivity index (χ4v) is 3.79. The summed E-state index contributed by atoms with van der Waals surface area (Å²) in [6.45, 7) is 6.84. The number of hydrogen-bond acceptors (Lipinski definition) is 2. The number of nitrogens with one attached hydrogen (secondary N) is 1. The van der Waals surface area contributed by atoms with Crippen molar-refractivity contribution in [1.29, 1.82) is 0 Å². The van der Waals surface area contributed by atoms with E-state index in [0.29, 0.717) is 5.92 Å². The first-order valence-corrected chi connectivity index (χ1v) is 9.09. The van der Waals surface area contributed by atoms with Gasteiger partial charge in [-0.05, 0) is 37.9 Å². The lowest BCUT2D eigenvalue weighted by molar-refractivity contribution is 0.231. The summed E-state index contributed by atoms with van der Waals surface area (Å²) in [5, 5.41) is 3.56. The molecular formula is C19H30N4. The van der Waals surface area contributed by atoms with Gasteiger partial charge in [0.05, 0.1) is 0 Å². The van der Waals surface area contributed by atoms with Crippen LogP contribution in [0.2, 0.25) is 0 Å². The van der Waals surface area contributed by atoms with Gasteiger partial charge in [-0.3, -0.25) is 4.99 Å². The van der Waals surface area contributed by atoms with Crippen LogP contribution in [-0.4, -0.2) is 62.1 Å². The second kappa shape index (κ2) is 8.34. The summed E-state index contributed by atoms with van der Waals surface area (Å²) in [5.41, 5.74) is 1.46. The maximum absolute atomic E-state index is 4.49. The molecule has 3 rings (SSSR count). The van der Waals surface area contributed by atoms with Gasteiger partial charge in [-0.25, -0.2) is 0 Å². The van der Waals surface area contributed by atoms with E-state index in [9.17, 15) is 0 Å². The SMILES string of the molecule is CN=C(NCCN1CCCCC1)N1CCC(c2ccccc2)C1. The predicted molar refractivity (Wildman–Crippen MR) is 97.0 cm³/mol. The van der Waals surface area contributed by atoms with Crippen molar-refractivity contribution >= 4 is 5.96 Å². The number of hydrogen-bond donors (Lipinski definition) is 1. The first-order chi connectivity index (χ1) is 11.4. The molecule has 0 amide bonds. The lowest BCUT2D eigenvalue weighted by atomic mass is 9.99. The zero-order valence-corrected chi connectivity index (χ0v) is 14.4. The van der Waals surface area contributed by atoms with Gasteiger partial charge in [0.2, 0.25) is 0 Å². The van der Waals surface area contributed by atoms with Gasteiger partial charge in [-0.15, -0.1) is 0 Å². The Morgan fingerprint density at radius 2 is 1.91 bits per heavy atom. The van der Waals surface area contributed by atoms with Crippen LogP contribution in [0.15, 0.2) is 35.3 Å². The van der Waals surface area contributed by atoms with E-state index in [1.165, 1.54) is 44.3 Å². The Balaban J connectivity index is 1.45. The molecule has 1 aromatic carbocycles. The third-order valence-electron chi connectivity index (χ3n) is 5.13. The largest absolute Gasteiger partial charge is 0.355 e. The number of benzene rings is 1. The molecule has 1 atom stereocenters. The molecule has 0 aliphatic carbocycles. The smallest absolute Gasteiger partial charge is 0.193 e. The van der Waals surface area contributed by atoms with Crippen molar-refractivity contribution in [2.24, 2.45) is 4.99 Å². The Labute approximate surface area is 140 Å². The van der Waals surface area contributed by atoms with Crippen LogP contribution in [0, 0.1) is 0 Å². The van der Waals surface area contributed by atoms with Gasteiger partial charge in [0.15, 0.2) is 5.96 Å². The molecule has 1 aromatic rings. The molecule has 23 heavy (non-hydrogen) atoms. The minimum atomic E-state index is 0.636. The molecule has 0 aromatic heterocycles. The third-order valence-corrected chi connectivity index (χ3v) is 5.13. The molecule has 0 saturated carbocycles. The van der Waals surface area contributed by atoms with Crippen LogP contribution in [-0.2, 0) is 0 Å². The van der Waals surface area contributed by atoms with Crippen LogP contribution >= 0.6 is 0 Å². The van der Waals surface area contributed by atoms with Crippen molar-refractivity contribution in [1.82, 2.24) is 15.1 Å². The van der Waals surface area contributed by atoms with Gasteiger partial charge in [-0.1, -0.05) is 36.8 Å². The van der Waals surface area contributed by atoms with E-state index in [1.807, 2.05) is 7.05 Å². The summed E-state index contributed by atoms with van der Waals surface area (Å²) in [4.78, 5) is 9.47. The van der Waals surface area contributed by atoms with Crippen LogP contribution in [0.4, 0.5) is 0 Å². The molecule has 126 valence electrons. The number of likely N-dealkylation sites (tertiary alicyclic amines) is 2. The molecule has 2 saturated heterocycles. The summed E-state index contributed by atoms with van der Waals surface area (Å²) in [7, 11) is 1.90. The fourth-order valence-electron chi connectivity index (χ4n) is 3.79. The van der Waals surface area contributed by atoms with Gasteiger partial charge in [0, 0.05) is 39.1 Å². The first-order valence-electron chi connectivity index (χ1n) is 9.09. The summed E-state index contributed by atoms with van der Waals surface area (Å²) in [6, 6.07) is 10.9. The third kappa shape index (κ3) is 4.47. The second-order valence-corrected chi connectivity index (χ2v) is 6.72. The van der Waals surface area contributed by atoms with Crippen LogP contribution in [0.5, 0.6) is 0 Å². The average molecular weight is 314 g/mol. The molecule has 0 radical (unpaired) electrons. The highest BCUT2D eigenvalue weighted by Gasteiger charge is 2.25. The molecule has 2 fully saturated rings. The molecule has 4 nitrogen and oxygen atoms in total. The van der Waals surface area contributed by atoms with Gasteiger partial charge in [0.25, 0.3) is 0 Å². The maximum Gasteiger partial charge on any atom is 0.193 e.